The fraction of sp³-hybridized carbons (Fsp3) is 0.375. The van der Waals surface area contributed by atoms with Crippen LogP contribution in [0.4, 0.5) is 4.79 Å². The maximum atomic E-state index is 12.3. The van der Waals surface area contributed by atoms with Crippen molar-refractivity contribution < 1.29 is 28.7 Å². The minimum Gasteiger partial charge on any atom is -0.464 e. The van der Waals surface area contributed by atoms with Crippen LogP contribution in [0.5, 0.6) is 0 Å². The lowest BCUT2D eigenvalue weighted by Crippen LogP contribution is -2.46. The molecule has 4 rings (SSSR count). The van der Waals surface area contributed by atoms with Crippen LogP contribution < -0.4 is 10.6 Å². The lowest BCUT2D eigenvalue weighted by atomic mass is 9.98. The summed E-state index contributed by atoms with van der Waals surface area (Å²) in [5.41, 5.74) is 4.52. The van der Waals surface area contributed by atoms with Crippen LogP contribution in [0, 0.1) is 0 Å². The molecule has 174 valence electrons. The van der Waals surface area contributed by atoms with Crippen molar-refractivity contribution in [1.82, 2.24) is 15.7 Å². The predicted octanol–water partition coefficient (Wildman–Crippen LogP) is 2.17. The first-order chi connectivity index (χ1) is 16.0. The van der Waals surface area contributed by atoms with Crippen LogP contribution in [0.1, 0.15) is 30.4 Å². The number of alkyl carbamates (subject to hydrolysis) is 1. The molecular weight excluding hydrogens is 426 g/mol. The molecule has 1 heterocycles. The number of hydrogen-bond acceptors (Lipinski definition) is 7. The molecule has 2 N–H and O–H groups in total. The van der Waals surface area contributed by atoms with E-state index in [1.807, 2.05) is 36.4 Å². The summed E-state index contributed by atoms with van der Waals surface area (Å²) < 4.78 is 10.4. The third-order valence-electron chi connectivity index (χ3n) is 5.78. The summed E-state index contributed by atoms with van der Waals surface area (Å²) in [6.45, 7) is 1.88. The normalized spacial score (nSPS) is 19.5. The molecule has 0 unspecified atom stereocenters. The molecule has 0 aromatic heterocycles. The summed E-state index contributed by atoms with van der Waals surface area (Å²) in [6.07, 6.45) is -1.69. The van der Waals surface area contributed by atoms with Crippen LogP contribution in [0.25, 0.3) is 11.1 Å². The second kappa shape index (κ2) is 10.0. The van der Waals surface area contributed by atoms with E-state index >= 15 is 0 Å². The Labute approximate surface area is 191 Å². The average Bonchev–Trinajstić information content (AvgIpc) is 3.34. The zero-order chi connectivity index (χ0) is 23.4. The van der Waals surface area contributed by atoms with Gasteiger partial charge >= 0.3 is 12.1 Å². The second-order valence-corrected chi connectivity index (χ2v) is 7.89. The highest BCUT2D eigenvalue weighted by molar-refractivity contribution is 5.83. The van der Waals surface area contributed by atoms with Crippen LogP contribution in [0.15, 0.2) is 48.5 Å². The highest BCUT2D eigenvalue weighted by atomic mass is 16.7. The van der Waals surface area contributed by atoms with Gasteiger partial charge < -0.3 is 20.1 Å². The smallest absolute Gasteiger partial charge is 0.407 e. The SMILES string of the molecule is CCOC(=O)[C@H]1C[C@@H](NC(=O)CNC(=O)OCC2c3ccccc3-c3ccccc32)N(C)O1. The Kier molecular flexibility index (Phi) is 6.90. The van der Waals surface area contributed by atoms with Gasteiger partial charge in [-0.25, -0.2) is 9.59 Å². The first kappa shape index (κ1) is 22.8. The standard InChI is InChI=1S/C24H27N3O6/c1-3-31-23(29)20-12-21(27(2)33-20)26-22(28)13-25-24(30)32-14-19-17-10-6-4-8-15(17)16-9-5-7-11-18(16)19/h4-11,19-21H,3,12-14H2,1-2H3,(H,25,30)(H,26,28)/t20-,21+/m1/s1. The lowest BCUT2D eigenvalue weighted by molar-refractivity contribution is -0.182. The van der Waals surface area contributed by atoms with Gasteiger partial charge in [-0.3, -0.25) is 9.63 Å². The van der Waals surface area contributed by atoms with Gasteiger partial charge in [-0.15, -0.1) is 0 Å². The van der Waals surface area contributed by atoms with E-state index in [0.29, 0.717) is 0 Å². The maximum absolute atomic E-state index is 12.3. The molecule has 1 fully saturated rings. The van der Waals surface area contributed by atoms with Crippen molar-refractivity contribution in [2.24, 2.45) is 0 Å². The summed E-state index contributed by atoms with van der Waals surface area (Å²) in [5.74, 6) is -0.951. The molecule has 9 nitrogen and oxygen atoms in total. The van der Waals surface area contributed by atoms with Crippen LogP contribution in [-0.2, 0) is 23.9 Å². The maximum Gasteiger partial charge on any atom is 0.407 e. The number of amides is 2. The molecule has 0 bridgehead atoms. The van der Waals surface area contributed by atoms with E-state index in [9.17, 15) is 14.4 Å². The largest absolute Gasteiger partial charge is 0.464 e. The van der Waals surface area contributed by atoms with Gasteiger partial charge in [0.2, 0.25) is 5.91 Å². The molecule has 1 aliphatic heterocycles. The van der Waals surface area contributed by atoms with Gasteiger partial charge in [0.15, 0.2) is 6.10 Å². The highest BCUT2D eigenvalue weighted by Crippen LogP contribution is 2.44. The van der Waals surface area contributed by atoms with Crippen LogP contribution in [-0.4, -0.2) is 62.1 Å². The lowest BCUT2D eigenvalue weighted by Gasteiger charge is -2.19. The van der Waals surface area contributed by atoms with Gasteiger partial charge in [-0.2, -0.15) is 5.06 Å². The Bertz CT molecular complexity index is 997. The number of fused-ring (bicyclic) bond motifs is 3. The summed E-state index contributed by atoms with van der Waals surface area (Å²) in [7, 11) is 1.61. The molecule has 1 aliphatic carbocycles. The van der Waals surface area contributed by atoms with Crippen LogP contribution >= 0.6 is 0 Å². The number of rotatable bonds is 7. The fourth-order valence-electron chi connectivity index (χ4n) is 4.23. The molecule has 0 saturated carbocycles. The van der Waals surface area contributed by atoms with Crippen molar-refractivity contribution in [1.29, 1.82) is 0 Å². The number of carbonyl (C=O) groups excluding carboxylic acids is 3. The van der Waals surface area contributed by atoms with Crippen molar-refractivity contribution in [3.63, 3.8) is 0 Å². The molecule has 2 atom stereocenters. The van der Waals surface area contributed by atoms with Crippen molar-refractivity contribution >= 4 is 18.0 Å². The van der Waals surface area contributed by atoms with Gasteiger partial charge in [0.1, 0.15) is 19.3 Å². The summed E-state index contributed by atoms with van der Waals surface area (Å²) >= 11 is 0. The Balaban J connectivity index is 1.25. The number of esters is 1. The quantitative estimate of drug-likeness (QED) is 0.619. The van der Waals surface area contributed by atoms with Gasteiger partial charge in [0, 0.05) is 19.4 Å². The second-order valence-electron chi connectivity index (χ2n) is 7.89. The van der Waals surface area contributed by atoms with Gasteiger partial charge in [0.25, 0.3) is 0 Å². The number of nitrogens with zero attached hydrogens (tertiary/aromatic N) is 1. The van der Waals surface area contributed by atoms with E-state index in [4.69, 9.17) is 14.3 Å². The summed E-state index contributed by atoms with van der Waals surface area (Å²) in [6, 6.07) is 16.1. The zero-order valence-corrected chi connectivity index (χ0v) is 18.6. The number of carbonyl (C=O) groups is 3. The average molecular weight is 453 g/mol. The van der Waals surface area contributed by atoms with E-state index in [0.717, 1.165) is 22.3 Å². The molecule has 2 aromatic rings. The highest BCUT2D eigenvalue weighted by Gasteiger charge is 2.37. The Hall–Kier alpha value is -3.43. The number of benzene rings is 2. The molecule has 33 heavy (non-hydrogen) atoms. The molecule has 0 spiro atoms. The van der Waals surface area contributed by atoms with Crippen molar-refractivity contribution in [2.75, 3.05) is 26.8 Å². The molecular formula is C24H27N3O6. The Morgan fingerprint density at radius 3 is 2.30 bits per heavy atom. The van der Waals surface area contributed by atoms with E-state index in [-0.39, 0.29) is 32.1 Å². The van der Waals surface area contributed by atoms with Crippen molar-refractivity contribution in [3.8, 4) is 11.1 Å². The van der Waals surface area contributed by atoms with Crippen molar-refractivity contribution in [2.45, 2.75) is 31.5 Å². The molecule has 9 heteroatoms. The van der Waals surface area contributed by atoms with Crippen molar-refractivity contribution in [3.05, 3.63) is 59.7 Å². The molecule has 1 saturated heterocycles. The van der Waals surface area contributed by atoms with E-state index in [1.54, 1.807) is 14.0 Å². The molecule has 2 amide bonds. The van der Waals surface area contributed by atoms with E-state index in [2.05, 4.69) is 22.8 Å². The van der Waals surface area contributed by atoms with Gasteiger partial charge in [-0.1, -0.05) is 48.5 Å². The van der Waals surface area contributed by atoms with E-state index < -0.39 is 30.2 Å². The number of hydroxylamine groups is 2. The topological polar surface area (TPSA) is 106 Å². The molecule has 2 aliphatic rings. The third-order valence-corrected chi connectivity index (χ3v) is 5.78. The predicted molar refractivity (Wildman–Crippen MR) is 119 cm³/mol. The number of nitrogens with one attached hydrogen (secondary N) is 2. The Morgan fingerprint density at radius 2 is 1.67 bits per heavy atom. The first-order valence-electron chi connectivity index (χ1n) is 10.9. The monoisotopic (exact) mass is 453 g/mol. The molecule has 0 radical (unpaired) electrons. The summed E-state index contributed by atoms with van der Waals surface area (Å²) in [4.78, 5) is 41.7. The van der Waals surface area contributed by atoms with Crippen LogP contribution in [0.2, 0.25) is 0 Å². The summed E-state index contributed by atoms with van der Waals surface area (Å²) in [5, 5.41) is 6.59. The van der Waals surface area contributed by atoms with Gasteiger partial charge in [-0.05, 0) is 29.2 Å². The Morgan fingerprint density at radius 1 is 1.03 bits per heavy atom. The minimum atomic E-state index is -0.768. The third kappa shape index (κ3) is 4.99. The fourth-order valence-corrected chi connectivity index (χ4v) is 4.23. The first-order valence-corrected chi connectivity index (χ1v) is 10.9. The van der Waals surface area contributed by atoms with Gasteiger partial charge in [0.05, 0.1) is 6.61 Å². The van der Waals surface area contributed by atoms with Crippen LogP contribution in [0.3, 0.4) is 0 Å². The molecule has 2 aromatic carbocycles. The zero-order valence-electron chi connectivity index (χ0n) is 18.6. The number of ether oxygens (including phenoxy) is 2. The minimum absolute atomic E-state index is 0.0546. The van der Waals surface area contributed by atoms with E-state index in [1.165, 1.54) is 5.06 Å². The number of hydrogen-bond donors (Lipinski definition) is 2.